The molecule has 0 radical (unpaired) electrons. The Morgan fingerprint density at radius 3 is 2.50 bits per heavy atom. The Kier molecular flexibility index (Phi) is 6.27. The van der Waals surface area contributed by atoms with Crippen LogP contribution in [-0.2, 0) is 4.79 Å². The molecule has 0 aliphatic heterocycles. The first-order chi connectivity index (χ1) is 11.5. The minimum atomic E-state index is -0.428. The van der Waals surface area contributed by atoms with E-state index in [4.69, 9.17) is 17.0 Å². The first-order valence-electron chi connectivity index (χ1n) is 7.19. The molecule has 24 heavy (non-hydrogen) atoms. The van der Waals surface area contributed by atoms with Gasteiger partial charge in [0.2, 0.25) is 0 Å². The number of aryl methyl sites for hydroxylation is 1. The minimum Gasteiger partial charge on any atom is -0.484 e. The molecule has 2 aromatic rings. The fraction of sp³-hybridized carbons (Fsp3) is 0.118. The van der Waals surface area contributed by atoms with Crippen LogP contribution in [-0.4, -0.2) is 23.5 Å². The lowest BCUT2D eigenvalue weighted by atomic mass is 10.2. The number of rotatable bonds is 4. The SMILES string of the molecule is Cc1cccc(OCC(=O)NC(=S)NNC(=O)c2ccccc2)c1. The van der Waals surface area contributed by atoms with Crippen molar-refractivity contribution in [1.82, 2.24) is 16.2 Å². The molecule has 0 bridgehead atoms. The minimum absolute atomic E-state index is 0.0166. The van der Waals surface area contributed by atoms with Crippen molar-refractivity contribution in [2.75, 3.05) is 6.61 Å². The fourth-order valence-electron chi connectivity index (χ4n) is 1.82. The van der Waals surface area contributed by atoms with Crippen LogP contribution in [0.2, 0.25) is 0 Å². The van der Waals surface area contributed by atoms with Crippen molar-refractivity contribution in [3.8, 4) is 5.75 Å². The highest BCUT2D eigenvalue weighted by molar-refractivity contribution is 7.80. The molecular formula is C17H17N3O3S. The van der Waals surface area contributed by atoms with E-state index >= 15 is 0 Å². The lowest BCUT2D eigenvalue weighted by Gasteiger charge is -2.11. The standard InChI is InChI=1S/C17H17N3O3S/c1-12-6-5-9-14(10-12)23-11-15(21)18-17(24)20-19-16(22)13-7-3-2-4-8-13/h2-10H,11H2,1H3,(H,19,22)(H2,18,20,21,24). The van der Waals surface area contributed by atoms with Gasteiger partial charge in [0.1, 0.15) is 5.75 Å². The van der Waals surface area contributed by atoms with Gasteiger partial charge in [-0.05, 0) is 49.0 Å². The highest BCUT2D eigenvalue weighted by Gasteiger charge is 2.08. The molecule has 0 aliphatic rings. The lowest BCUT2D eigenvalue weighted by molar-refractivity contribution is -0.121. The quantitative estimate of drug-likeness (QED) is 0.582. The monoisotopic (exact) mass is 343 g/mol. The fourth-order valence-corrected chi connectivity index (χ4v) is 1.99. The van der Waals surface area contributed by atoms with Crippen molar-refractivity contribution in [3.63, 3.8) is 0 Å². The van der Waals surface area contributed by atoms with Gasteiger partial charge in [0, 0.05) is 5.56 Å². The Morgan fingerprint density at radius 1 is 1.04 bits per heavy atom. The average Bonchev–Trinajstić information content (AvgIpc) is 2.59. The second kappa shape index (κ2) is 8.64. The van der Waals surface area contributed by atoms with E-state index in [-0.39, 0.29) is 17.6 Å². The highest BCUT2D eigenvalue weighted by Crippen LogP contribution is 2.11. The summed E-state index contributed by atoms with van der Waals surface area (Å²) in [5.74, 6) is -0.187. The van der Waals surface area contributed by atoms with E-state index in [2.05, 4.69) is 16.2 Å². The summed E-state index contributed by atoms with van der Waals surface area (Å²) in [4.78, 5) is 23.6. The molecule has 0 spiro atoms. The van der Waals surface area contributed by atoms with E-state index in [9.17, 15) is 9.59 Å². The van der Waals surface area contributed by atoms with Crippen molar-refractivity contribution in [3.05, 3.63) is 65.7 Å². The predicted molar refractivity (Wildman–Crippen MR) is 94.5 cm³/mol. The number of amides is 2. The Morgan fingerprint density at radius 2 is 1.79 bits per heavy atom. The number of carbonyl (C=O) groups is 2. The largest absolute Gasteiger partial charge is 0.484 e. The maximum atomic E-state index is 11.8. The van der Waals surface area contributed by atoms with Crippen LogP contribution in [0.25, 0.3) is 0 Å². The molecular weight excluding hydrogens is 326 g/mol. The smallest absolute Gasteiger partial charge is 0.269 e. The Labute approximate surface area is 145 Å². The Bertz CT molecular complexity index is 735. The summed E-state index contributed by atoms with van der Waals surface area (Å²) in [5.41, 5.74) is 6.37. The van der Waals surface area contributed by atoms with Crippen LogP contribution in [0.1, 0.15) is 15.9 Å². The summed E-state index contributed by atoms with van der Waals surface area (Å²) in [5, 5.41) is 2.40. The molecule has 0 aliphatic carbocycles. The van der Waals surface area contributed by atoms with Crippen molar-refractivity contribution < 1.29 is 14.3 Å². The van der Waals surface area contributed by atoms with Crippen LogP contribution < -0.4 is 20.9 Å². The topological polar surface area (TPSA) is 79.5 Å². The van der Waals surface area contributed by atoms with Crippen molar-refractivity contribution >= 4 is 29.1 Å². The summed E-state index contributed by atoms with van der Waals surface area (Å²) in [7, 11) is 0. The van der Waals surface area contributed by atoms with Gasteiger partial charge in [0.05, 0.1) is 0 Å². The summed E-state index contributed by atoms with van der Waals surface area (Å²) in [6.07, 6.45) is 0. The van der Waals surface area contributed by atoms with Gasteiger partial charge in [-0.1, -0.05) is 30.3 Å². The van der Waals surface area contributed by atoms with Gasteiger partial charge < -0.3 is 4.74 Å². The zero-order valence-corrected chi connectivity index (χ0v) is 13.9. The maximum absolute atomic E-state index is 11.8. The first-order valence-corrected chi connectivity index (χ1v) is 7.60. The average molecular weight is 343 g/mol. The normalized spacial score (nSPS) is 9.71. The third-order valence-electron chi connectivity index (χ3n) is 2.94. The van der Waals surface area contributed by atoms with E-state index in [1.807, 2.05) is 31.2 Å². The number of benzene rings is 2. The Balaban J connectivity index is 1.72. The molecule has 0 saturated heterocycles. The molecule has 3 N–H and O–H groups in total. The highest BCUT2D eigenvalue weighted by atomic mass is 32.1. The molecule has 0 saturated carbocycles. The number of thiocarbonyl (C=S) groups is 1. The van der Waals surface area contributed by atoms with Crippen molar-refractivity contribution in [1.29, 1.82) is 0 Å². The van der Waals surface area contributed by atoms with Crippen LogP contribution >= 0.6 is 12.2 Å². The molecule has 0 heterocycles. The molecule has 0 atom stereocenters. The van der Waals surface area contributed by atoms with Gasteiger partial charge in [-0.15, -0.1) is 0 Å². The van der Waals surface area contributed by atoms with Gasteiger partial charge in [-0.3, -0.25) is 25.8 Å². The number of hydrogen-bond acceptors (Lipinski definition) is 4. The third kappa shape index (κ3) is 5.69. The molecule has 0 fully saturated rings. The molecule has 2 aromatic carbocycles. The summed E-state index contributed by atoms with van der Waals surface area (Å²) in [6.45, 7) is 1.75. The molecule has 7 heteroatoms. The van der Waals surface area contributed by atoms with E-state index in [0.717, 1.165) is 5.56 Å². The molecule has 2 amide bonds. The van der Waals surface area contributed by atoms with Crippen LogP contribution in [0.4, 0.5) is 0 Å². The van der Waals surface area contributed by atoms with Gasteiger partial charge in [-0.25, -0.2) is 0 Å². The zero-order chi connectivity index (χ0) is 17.4. The van der Waals surface area contributed by atoms with Crippen LogP contribution in [0.15, 0.2) is 54.6 Å². The summed E-state index contributed by atoms with van der Waals surface area (Å²) in [6, 6.07) is 16.0. The second-order valence-corrected chi connectivity index (χ2v) is 5.34. The number of carbonyl (C=O) groups excluding carboxylic acids is 2. The third-order valence-corrected chi connectivity index (χ3v) is 3.14. The molecule has 0 aromatic heterocycles. The lowest BCUT2D eigenvalue weighted by Crippen LogP contribution is -2.49. The van der Waals surface area contributed by atoms with Crippen molar-refractivity contribution in [2.24, 2.45) is 0 Å². The number of ether oxygens (including phenoxy) is 1. The van der Waals surface area contributed by atoms with E-state index in [0.29, 0.717) is 11.3 Å². The molecule has 2 rings (SSSR count). The van der Waals surface area contributed by atoms with Gasteiger partial charge in [0.25, 0.3) is 11.8 Å². The number of nitrogens with one attached hydrogen (secondary N) is 3. The van der Waals surface area contributed by atoms with Gasteiger partial charge >= 0.3 is 0 Å². The van der Waals surface area contributed by atoms with Gasteiger partial charge in [0.15, 0.2) is 11.7 Å². The molecule has 124 valence electrons. The summed E-state index contributed by atoms with van der Waals surface area (Å²) < 4.78 is 5.36. The number of hydrogen-bond donors (Lipinski definition) is 3. The summed E-state index contributed by atoms with van der Waals surface area (Å²) >= 11 is 4.94. The van der Waals surface area contributed by atoms with E-state index in [1.54, 1.807) is 30.3 Å². The number of hydrazine groups is 1. The predicted octanol–water partition coefficient (Wildman–Crippen LogP) is 1.71. The van der Waals surface area contributed by atoms with Gasteiger partial charge in [-0.2, -0.15) is 0 Å². The van der Waals surface area contributed by atoms with E-state index < -0.39 is 5.91 Å². The zero-order valence-electron chi connectivity index (χ0n) is 13.0. The molecule has 0 unspecified atom stereocenters. The van der Waals surface area contributed by atoms with E-state index in [1.165, 1.54) is 0 Å². The van der Waals surface area contributed by atoms with Crippen LogP contribution in [0.3, 0.4) is 0 Å². The maximum Gasteiger partial charge on any atom is 0.269 e. The molecule has 6 nitrogen and oxygen atoms in total. The van der Waals surface area contributed by atoms with Crippen LogP contribution in [0.5, 0.6) is 5.75 Å². The Hall–Kier alpha value is -2.93. The van der Waals surface area contributed by atoms with Crippen LogP contribution in [0, 0.1) is 6.92 Å². The second-order valence-electron chi connectivity index (χ2n) is 4.93. The van der Waals surface area contributed by atoms with Crippen molar-refractivity contribution in [2.45, 2.75) is 6.92 Å². The first kappa shape index (κ1) is 17.4.